The molecule has 19 heavy (non-hydrogen) atoms. The van der Waals surface area contributed by atoms with Gasteiger partial charge in [0.05, 0.1) is 18.1 Å². The van der Waals surface area contributed by atoms with E-state index in [1.54, 1.807) is 4.90 Å². The summed E-state index contributed by atoms with van der Waals surface area (Å²) in [7, 11) is 1.43. The summed E-state index contributed by atoms with van der Waals surface area (Å²) in [5, 5.41) is 0. The van der Waals surface area contributed by atoms with Crippen molar-refractivity contribution in [2.45, 2.75) is 18.8 Å². The molecular weight excluding hydrogens is 242 g/mol. The molecule has 1 saturated heterocycles. The third-order valence-corrected chi connectivity index (χ3v) is 3.83. The molecule has 0 aromatic carbocycles. The zero-order valence-corrected chi connectivity index (χ0v) is 10.9. The summed E-state index contributed by atoms with van der Waals surface area (Å²) in [5.74, 6) is 0.463. The highest BCUT2D eigenvalue weighted by atomic mass is 16.5. The molecule has 3 heterocycles. The van der Waals surface area contributed by atoms with Crippen LogP contribution in [0.25, 0.3) is 11.0 Å². The van der Waals surface area contributed by atoms with Gasteiger partial charge in [-0.2, -0.15) is 0 Å². The first kappa shape index (κ1) is 12.0. The van der Waals surface area contributed by atoms with Crippen LogP contribution in [-0.2, 0) is 4.74 Å². The topological polar surface area (TPSA) is 58.2 Å². The van der Waals surface area contributed by atoms with Crippen LogP contribution in [0.4, 0.5) is 4.79 Å². The maximum Gasteiger partial charge on any atom is 0.409 e. The summed E-state index contributed by atoms with van der Waals surface area (Å²) in [6.07, 6.45) is 5.56. The van der Waals surface area contributed by atoms with Crippen LogP contribution < -0.4 is 0 Å². The van der Waals surface area contributed by atoms with Crippen molar-refractivity contribution < 1.29 is 9.53 Å². The fourth-order valence-corrected chi connectivity index (χ4v) is 2.79. The molecule has 0 aliphatic carbocycles. The maximum atomic E-state index is 11.5. The van der Waals surface area contributed by atoms with E-state index in [4.69, 9.17) is 4.74 Å². The van der Waals surface area contributed by atoms with Crippen LogP contribution in [0.15, 0.2) is 24.5 Å². The number of H-pyrrole nitrogens is 1. The van der Waals surface area contributed by atoms with Gasteiger partial charge in [-0.15, -0.1) is 0 Å². The second-order valence-corrected chi connectivity index (χ2v) is 4.87. The molecule has 1 amide bonds. The summed E-state index contributed by atoms with van der Waals surface area (Å²) < 4.78 is 4.75. The molecule has 1 aliphatic heterocycles. The molecule has 5 heteroatoms. The largest absolute Gasteiger partial charge is 0.453 e. The Morgan fingerprint density at radius 2 is 2.26 bits per heavy atom. The van der Waals surface area contributed by atoms with E-state index in [9.17, 15) is 4.79 Å². The Morgan fingerprint density at radius 1 is 1.47 bits per heavy atom. The number of nitrogens with zero attached hydrogens (tertiary/aromatic N) is 2. The summed E-state index contributed by atoms with van der Waals surface area (Å²) >= 11 is 0. The van der Waals surface area contributed by atoms with Gasteiger partial charge in [0.15, 0.2) is 0 Å². The molecule has 0 radical (unpaired) electrons. The van der Waals surface area contributed by atoms with Crippen LogP contribution in [0, 0.1) is 0 Å². The third-order valence-electron chi connectivity index (χ3n) is 3.83. The number of piperidine rings is 1. The van der Waals surface area contributed by atoms with E-state index in [1.807, 2.05) is 18.3 Å². The molecule has 2 aromatic rings. The van der Waals surface area contributed by atoms with Gasteiger partial charge in [-0.25, -0.2) is 4.79 Å². The molecular formula is C14H17N3O2. The Hall–Kier alpha value is -2.04. The van der Waals surface area contributed by atoms with Crippen molar-refractivity contribution in [1.82, 2.24) is 14.9 Å². The normalized spacial score (nSPS) is 16.8. The molecule has 2 aromatic heterocycles. The number of hydrogen-bond donors (Lipinski definition) is 1. The first-order valence-corrected chi connectivity index (χ1v) is 6.54. The standard InChI is InChI=1S/C14H17N3O2/c1-19-14(18)17-7-4-10(5-8-17)11-9-16-12-3-2-6-15-13(11)12/h2-3,6,9-10,16H,4-5,7-8H2,1H3. The maximum absolute atomic E-state index is 11.5. The van der Waals surface area contributed by atoms with Crippen LogP contribution in [-0.4, -0.2) is 41.2 Å². The average molecular weight is 259 g/mol. The van der Waals surface area contributed by atoms with E-state index in [0.717, 1.165) is 37.0 Å². The molecule has 0 atom stereocenters. The van der Waals surface area contributed by atoms with Crippen molar-refractivity contribution in [3.8, 4) is 0 Å². The van der Waals surface area contributed by atoms with Gasteiger partial charge >= 0.3 is 6.09 Å². The lowest BCUT2D eigenvalue weighted by Gasteiger charge is -2.30. The number of carbonyl (C=O) groups excluding carboxylic acids is 1. The highest BCUT2D eigenvalue weighted by molar-refractivity contribution is 5.79. The highest BCUT2D eigenvalue weighted by Gasteiger charge is 2.25. The number of nitrogens with one attached hydrogen (secondary N) is 1. The molecule has 0 unspecified atom stereocenters. The Morgan fingerprint density at radius 3 is 3.00 bits per heavy atom. The van der Waals surface area contributed by atoms with Crippen LogP contribution in [0.5, 0.6) is 0 Å². The number of carbonyl (C=O) groups is 1. The first-order valence-electron chi connectivity index (χ1n) is 6.54. The second-order valence-electron chi connectivity index (χ2n) is 4.87. The zero-order valence-electron chi connectivity index (χ0n) is 10.9. The Balaban J connectivity index is 1.77. The van der Waals surface area contributed by atoms with E-state index in [1.165, 1.54) is 12.7 Å². The van der Waals surface area contributed by atoms with Gasteiger partial charge in [0.25, 0.3) is 0 Å². The molecule has 0 bridgehead atoms. The number of likely N-dealkylation sites (tertiary alicyclic amines) is 1. The summed E-state index contributed by atoms with van der Waals surface area (Å²) in [5.41, 5.74) is 3.40. The fraction of sp³-hybridized carbons (Fsp3) is 0.429. The number of amides is 1. The Labute approximate surface area is 111 Å². The predicted octanol–water partition coefficient (Wildman–Crippen LogP) is 2.51. The van der Waals surface area contributed by atoms with Gasteiger partial charge in [0.1, 0.15) is 0 Å². The minimum Gasteiger partial charge on any atom is -0.453 e. The number of aromatic nitrogens is 2. The summed E-state index contributed by atoms with van der Waals surface area (Å²) in [6, 6.07) is 3.97. The number of pyridine rings is 1. The minimum absolute atomic E-state index is 0.226. The fourth-order valence-electron chi connectivity index (χ4n) is 2.79. The van der Waals surface area contributed by atoms with Crippen molar-refractivity contribution in [3.05, 3.63) is 30.1 Å². The number of ether oxygens (including phenoxy) is 1. The van der Waals surface area contributed by atoms with Crippen molar-refractivity contribution in [2.75, 3.05) is 20.2 Å². The zero-order chi connectivity index (χ0) is 13.2. The molecule has 1 fully saturated rings. The monoisotopic (exact) mass is 259 g/mol. The lowest BCUT2D eigenvalue weighted by Crippen LogP contribution is -2.37. The average Bonchev–Trinajstić information content (AvgIpc) is 2.90. The molecule has 5 nitrogen and oxygen atoms in total. The quantitative estimate of drug-likeness (QED) is 0.856. The Kier molecular flexibility index (Phi) is 3.11. The number of aromatic amines is 1. The van der Waals surface area contributed by atoms with Gasteiger partial charge in [-0.3, -0.25) is 4.98 Å². The van der Waals surface area contributed by atoms with Gasteiger partial charge in [-0.05, 0) is 36.5 Å². The summed E-state index contributed by atoms with van der Waals surface area (Å²) in [4.78, 5) is 20.9. The molecule has 1 aliphatic rings. The van der Waals surface area contributed by atoms with Crippen LogP contribution in [0.3, 0.4) is 0 Å². The van der Waals surface area contributed by atoms with E-state index < -0.39 is 0 Å². The van der Waals surface area contributed by atoms with Gasteiger partial charge in [-0.1, -0.05) is 0 Å². The summed E-state index contributed by atoms with van der Waals surface area (Å²) in [6.45, 7) is 1.49. The molecule has 100 valence electrons. The second kappa shape index (κ2) is 4.91. The van der Waals surface area contributed by atoms with Crippen molar-refractivity contribution in [2.24, 2.45) is 0 Å². The van der Waals surface area contributed by atoms with E-state index in [0.29, 0.717) is 5.92 Å². The van der Waals surface area contributed by atoms with Crippen LogP contribution in [0.2, 0.25) is 0 Å². The van der Waals surface area contributed by atoms with Gasteiger partial charge < -0.3 is 14.6 Å². The SMILES string of the molecule is COC(=O)N1CCC(c2c[nH]c3cccnc23)CC1. The molecule has 1 N–H and O–H groups in total. The number of hydrogen-bond acceptors (Lipinski definition) is 3. The van der Waals surface area contributed by atoms with Gasteiger partial charge in [0.2, 0.25) is 0 Å². The smallest absolute Gasteiger partial charge is 0.409 e. The molecule has 0 spiro atoms. The third kappa shape index (κ3) is 2.16. The van der Waals surface area contributed by atoms with Crippen LogP contribution in [0.1, 0.15) is 24.3 Å². The van der Waals surface area contributed by atoms with E-state index in [2.05, 4.69) is 16.2 Å². The predicted molar refractivity (Wildman–Crippen MR) is 72.0 cm³/mol. The number of rotatable bonds is 1. The highest BCUT2D eigenvalue weighted by Crippen LogP contribution is 2.32. The van der Waals surface area contributed by atoms with Crippen molar-refractivity contribution >= 4 is 17.1 Å². The lowest BCUT2D eigenvalue weighted by atomic mass is 9.90. The van der Waals surface area contributed by atoms with Gasteiger partial charge in [0, 0.05) is 25.5 Å². The van der Waals surface area contributed by atoms with Crippen molar-refractivity contribution in [1.29, 1.82) is 0 Å². The number of methoxy groups -OCH3 is 1. The Bertz CT molecular complexity index is 585. The molecule has 0 saturated carbocycles. The first-order chi connectivity index (χ1) is 9.29. The molecule has 3 rings (SSSR count). The van der Waals surface area contributed by atoms with E-state index in [-0.39, 0.29) is 6.09 Å². The van der Waals surface area contributed by atoms with Crippen molar-refractivity contribution in [3.63, 3.8) is 0 Å². The number of fused-ring (bicyclic) bond motifs is 1. The van der Waals surface area contributed by atoms with Crippen LogP contribution >= 0.6 is 0 Å². The lowest BCUT2D eigenvalue weighted by molar-refractivity contribution is 0.112. The minimum atomic E-state index is -0.226. The van der Waals surface area contributed by atoms with E-state index >= 15 is 0 Å².